The first-order valence-corrected chi connectivity index (χ1v) is 14.6. The number of rotatable bonds is 2. The summed E-state index contributed by atoms with van der Waals surface area (Å²) in [4.78, 5) is 12.9. The molecular formula is C38H23N3O2. The van der Waals surface area contributed by atoms with E-state index in [2.05, 4.69) is 89.9 Å². The summed E-state index contributed by atoms with van der Waals surface area (Å²) in [6.45, 7) is 0. The van der Waals surface area contributed by atoms with Gasteiger partial charge in [0.15, 0.2) is 5.58 Å². The van der Waals surface area contributed by atoms with Crippen molar-refractivity contribution >= 4 is 66.4 Å². The Morgan fingerprint density at radius 1 is 0.605 bits per heavy atom. The molecule has 4 heterocycles. The predicted molar refractivity (Wildman–Crippen MR) is 173 cm³/mol. The Bertz CT molecular complexity index is 2500. The highest BCUT2D eigenvalue weighted by Crippen LogP contribution is 2.49. The first-order valence-electron chi connectivity index (χ1n) is 14.6. The van der Waals surface area contributed by atoms with Crippen LogP contribution in [-0.4, -0.2) is 16.0 Å². The molecule has 0 N–H and O–H groups in total. The molecule has 1 aliphatic heterocycles. The third-order valence-corrected chi connectivity index (χ3v) is 8.99. The molecule has 0 bridgehead atoms. The molecule has 0 fully saturated rings. The van der Waals surface area contributed by atoms with Crippen LogP contribution >= 0.6 is 0 Å². The normalized spacial score (nSPS) is 17.5. The topological polar surface area (TPSA) is 55.3 Å². The van der Waals surface area contributed by atoms with Crippen LogP contribution in [0.4, 0.5) is 11.6 Å². The van der Waals surface area contributed by atoms with Gasteiger partial charge in [-0.05, 0) is 64.9 Å². The number of furan rings is 2. The third kappa shape index (κ3) is 3.22. The maximum atomic E-state index is 6.48. The van der Waals surface area contributed by atoms with Gasteiger partial charge in [-0.25, -0.2) is 9.97 Å². The zero-order valence-electron chi connectivity index (χ0n) is 22.9. The molecule has 5 aromatic carbocycles. The Labute approximate surface area is 246 Å². The van der Waals surface area contributed by atoms with E-state index in [4.69, 9.17) is 18.8 Å². The van der Waals surface area contributed by atoms with Gasteiger partial charge in [0.05, 0.1) is 6.04 Å². The predicted octanol–water partition coefficient (Wildman–Crippen LogP) is 9.83. The Kier molecular flexibility index (Phi) is 4.50. The zero-order valence-corrected chi connectivity index (χ0v) is 22.9. The van der Waals surface area contributed by atoms with Gasteiger partial charge >= 0.3 is 0 Å². The van der Waals surface area contributed by atoms with Crippen LogP contribution in [0.1, 0.15) is 11.5 Å². The van der Waals surface area contributed by atoms with E-state index in [9.17, 15) is 0 Å². The van der Waals surface area contributed by atoms with E-state index in [-0.39, 0.29) is 12.0 Å². The van der Waals surface area contributed by atoms with E-state index in [0.29, 0.717) is 11.5 Å². The molecule has 1 aliphatic carbocycles. The fourth-order valence-corrected chi connectivity index (χ4v) is 7.01. The molecule has 0 radical (unpaired) electrons. The van der Waals surface area contributed by atoms with Crippen molar-refractivity contribution in [1.82, 2.24) is 9.97 Å². The van der Waals surface area contributed by atoms with Crippen molar-refractivity contribution in [2.45, 2.75) is 12.0 Å². The number of benzene rings is 5. The number of aromatic nitrogens is 2. The standard InChI is InChI=1S/C38H23N3O2/c1-2-10-23-21-31-28(19-22(23)9-1)25-11-3-6-14-30(25)41(31)38-39-35(37-36(40-38)27-13-5-8-16-33(27)43-37)24-17-18-34-29(20-24)26-12-4-7-15-32(26)42-34/h1-21,25,30H/t25?,30-/m0/s1. The van der Waals surface area contributed by atoms with Crippen LogP contribution in [0, 0.1) is 0 Å². The van der Waals surface area contributed by atoms with Crippen molar-refractivity contribution in [2.75, 3.05) is 4.90 Å². The van der Waals surface area contributed by atoms with Crippen molar-refractivity contribution < 1.29 is 8.83 Å². The highest BCUT2D eigenvalue weighted by molar-refractivity contribution is 6.10. The van der Waals surface area contributed by atoms with Gasteiger partial charge in [-0.15, -0.1) is 0 Å². The van der Waals surface area contributed by atoms with Crippen molar-refractivity contribution in [2.24, 2.45) is 0 Å². The summed E-state index contributed by atoms with van der Waals surface area (Å²) >= 11 is 0. The molecule has 2 atom stereocenters. The van der Waals surface area contributed by atoms with Crippen LogP contribution in [0.5, 0.6) is 0 Å². The molecule has 0 saturated carbocycles. The second-order valence-corrected chi connectivity index (χ2v) is 11.4. The molecule has 43 heavy (non-hydrogen) atoms. The SMILES string of the molecule is C1=CC2c3cc4ccccc4cc3N(c3nc(-c4ccc5oc6ccccc6c5c4)c4oc5ccccc5c4n3)[C@H]2C=C1. The first kappa shape index (κ1) is 22.9. The van der Waals surface area contributed by atoms with Gasteiger partial charge in [-0.3, -0.25) is 0 Å². The number of hydrogen-bond acceptors (Lipinski definition) is 5. The molecular weight excluding hydrogens is 530 g/mol. The minimum Gasteiger partial charge on any atom is -0.456 e. The average Bonchev–Trinajstić information content (AvgIpc) is 3.72. The summed E-state index contributed by atoms with van der Waals surface area (Å²) in [6.07, 6.45) is 8.83. The minimum atomic E-state index is 0.0700. The molecule has 3 aromatic heterocycles. The quantitative estimate of drug-likeness (QED) is 0.213. The zero-order chi connectivity index (χ0) is 28.1. The van der Waals surface area contributed by atoms with Crippen LogP contribution in [0.25, 0.3) is 66.0 Å². The Hall–Kier alpha value is -5.68. The van der Waals surface area contributed by atoms with E-state index in [1.54, 1.807) is 0 Å². The van der Waals surface area contributed by atoms with Crippen LogP contribution in [0.2, 0.25) is 0 Å². The molecule has 10 rings (SSSR count). The van der Waals surface area contributed by atoms with E-state index in [0.717, 1.165) is 55.4 Å². The van der Waals surface area contributed by atoms with Gasteiger partial charge in [-0.2, -0.15) is 0 Å². The highest BCUT2D eigenvalue weighted by Gasteiger charge is 2.39. The summed E-state index contributed by atoms with van der Waals surface area (Å²) in [5.74, 6) is 0.872. The lowest BCUT2D eigenvalue weighted by Gasteiger charge is -2.27. The Morgan fingerprint density at radius 3 is 2.21 bits per heavy atom. The summed E-state index contributed by atoms with van der Waals surface area (Å²) in [7, 11) is 0. The lowest BCUT2D eigenvalue weighted by Crippen LogP contribution is -2.30. The van der Waals surface area contributed by atoms with Crippen molar-refractivity contribution in [1.29, 1.82) is 0 Å². The van der Waals surface area contributed by atoms with E-state index >= 15 is 0 Å². The molecule has 0 amide bonds. The summed E-state index contributed by atoms with van der Waals surface area (Å²) in [5, 5.41) is 5.55. The maximum Gasteiger partial charge on any atom is 0.231 e. The molecule has 202 valence electrons. The summed E-state index contributed by atoms with van der Waals surface area (Å²) in [5.41, 5.74) is 8.17. The second kappa shape index (κ2) is 8.43. The number of allylic oxidation sites excluding steroid dienone is 2. The van der Waals surface area contributed by atoms with Gasteiger partial charge in [-0.1, -0.05) is 78.9 Å². The summed E-state index contributed by atoms with van der Waals surface area (Å²) in [6, 6.07) is 35.7. The fourth-order valence-electron chi connectivity index (χ4n) is 7.01. The van der Waals surface area contributed by atoms with E-state index in [1.165, 1.54) is 16.3 Å². The van der Waals surface area contributed by atoms with Gasteiger partial charge in [0.1, 0.15) is 28.0 Å². The van der Waals surface area contributed by atoms with Crippen LogP contribution in [0.15, 0.2) is 136 Å². The molecule has 5 heteroatoms. The smallest absolute Gasteiger partial charge is 0.231 e. The van der Waals surface area contributed by atoms with Crippen molar-refractivity contribution in [3.05, 3.63) is 133 Å². The fraction of sp³-hybridized carbons (Fsp3) is 0.0526. The lowest BCUT2D eigenvalue weighted by atomic mass is 9.90. The Morgan fingerprint density at radius 2 is 1.33 bits per heavy atom. The molecule has 0 saturated heterocycles. The Balaban J connectivity index is 1.27. The minimum absolute atomic E-state index is 0.0700. The van der Waals surface area contributed by atoms with Crippen LogP contribution in [-0.2, 0) is 0 Å². The third-order valence-electron chi connectivity index (χ3n) is 8.99. The van der Waals surface area contributed by atoms with Crippen LogP contribution < -0.4 is 4.90 Å². The van der Waals surface area contributed by atoms with Crippen LogP contribution in [0.3, 0.4) is 0 Å². The van der Waals surface area contributed by atoms with Crippen molar-refractivity contribution in [3.63, 3.8) is 0 Å². The van der Waals surface area contributed by atoms with E-state index < -0.39 is 0 Å². The number of nitrogens with zero attached hydrogens (tertiary/aromatic N) is 3. The van der Waals surface area contributed by atoms with Gasteiger partial charge in [0.2, 0.25) is 5.95 Å². The number of hydrogen-bond donors (Lipinski definition) is 0. The molecule has 2 aliphatic rings. The van der Waals surface area contributed by atoms with Gasteiger partial charge in [0.25, 0.3) is 0 Å². The first-order chi connectivity index (χ1) is 21.3. The average molecular weight is 554 g/mol. The molecule has 5 nitrogen and oxygen atoms in total. The number of anilines is 2. The monoisotopic (exact) mass is 553 g/mol. The highest BCUT2D eigenvalue weighted by atomic mass is 16.3. The van der Waals surface area contributed by atoms with Gasteiger partial charge in [0, 0.05) is 33.3 Å². The number of para-hydroxylation sites is 2. The van der Waals surface area contributed by atoms with Gasteiger partial charge < -0.3 is 13.7 Å². The molecule has 1 unspecified atom stereocenters. The number of fused-ring (bicyclic) bond motifs is 10. The molecule has 0 spiro atoms. The lowest BCUT2D eigenvalue weighted by molar-refractivity contribution is 0.665. The summed E-state index contributed by atoms with van der Waals surface area (Å²) < 4.78 is 12.6. The maximum absolute atomic E-state index is 6.48. The second-order valence-electron chi connectivity index (χ2n) is 11.4. The van der Waals surface area contributed by atoms with E-state index in [1.807, 2.05) is 42.5 Å². The largest absolute Gasteiger partial charge is 0.456 e. The van der Waals surface area contributed by atoms with Crippen molar-refractivity contribution in [3.8, 4) is 11.3 Å². The molecule has 8 aromatic rings.